The minimum Gasteiger partial charge on any atom is -0.357 e. The summed E-state index contributed by atoms with van der Waals surface area (Å²) in [6.45, 7) is 0.275. The zero-order valence-electron chi connectivity index (χ0n) is 11.6. The Labute approximate surface area is 122 Å². The Bertz CT molecular complexity index is 716. The van der Waals surface area contributed by atoms with Gasteiger partial charge in [-0.1, -0.05) is 30.3 Å². The van der Waals surface area contributed by atoms with Crippen molar-refractivity contribution in [3.05, 3.63) is 65.6 Å². The van der Waals surface area contributed by atoms with E-state index in [2.05, 4.69) is 5.32 Å². The third-order valence-corrected chi connectivity index (χ3v) is 3.31. The maximum absolute atomic E-state index is 12.3. The van der Waals surface area contributed by atoms with E-state index in [4.69, 9.17) is 0 Å². The Balaban J connectivity index is 1.81. The first-order chi connectivity index (χ1) is 10.1. The van der Waals surface area contributed by atoms with E-state index in [0.29, 0.717) is 5.70 Å². The molecule has 2 heterocycles. The van der Waals surface area contributed by atoms with Gasteiger partial charge in [0, 0.05) is 19.4 Å². The number of amides is 3. The summed E-state index contributed by atoms with van der Waals surface area (Å²) in [5, 5.41) is 2.62. The molecule has 5 heteroatoms. The van der Waals surface area contributed by atoms with E-state index in [-0.39, 0.29) is 18.5 Å². The van der Waals surface area contributed by atoms with Crippen LogP contribution < -0.4 is 5.32 Å². The van der Waals surface area contributed by atoms with Gasteiger partial charge in [-0.05, 0) is 23.3 Å². The van der Waals surface area contributed by atoms with Gasteiger partial charge in [-0.2, -0.15) is 0 Å². The van der Waals surface area contributed by atoms with Gasteiger partial charge >= 0.3 is 6.03 Å². The molecule has 0 radical (unpaired) electrons. The fraction of sp³-hybridized carbons (Fsp3) is 0.125. The van der Waals surface area contributed by atoms with Gasteiger partial charge in [0.2, 0.25) is 0 Å². The fourth-order valence-electron chi connectivity index (χ4n) is 2.26. The minimum atomic E-state index is -0.383. The van der Waals surface area contributed by atoms with Crippen molar-refractivity contribution in [3.8, 4) is 0 Å². The number of carbonyl (C=O) groups excluding carboxylic acids is 2. The highest BCUT2D eigenvalue weighted by molar-refractivity contribution is 6.13. The van der Waals surface area contributed by atoms with E-state index < -0.39 is 0 Å². The fourth-order valence-corrected chi connectivity index (χ4v) is 2.26. The number of aromatic nitrogens is 1. The van der Waals surface area contributed by atoms with Crippen molar-refractivity contribution in [2.45, 2.75) is 6.54 Å². The second kappa shape index (κ2) is 5.28. The molecular weight excluding hydrogens is 266 g/mol. The topological polar surface area (TPSA) is 54.3 Å². The van der Waals surface area contributed by atoms with Crippen LogP contribution in [0.4, 0.5) is 4.79 Å². The average Bonchev–Trinajstić information content (AvgIpc) is 2.99. The summed E-state index contributed by atoms with van der Waals surface area (Å²) in [6.07, 6.45) is 5.45. The van der Waals surface area contributed by atoms with E-state index in [0.717, 1.165) is 11.1 Å². The molecule has 1 fully saturated rings. The zero-order chi connectivity index (χ0) is 14.8. The van der Waals surface area contributed by atoms with Gasteiger partial charge in [0.05, 0.1) is 6.54 Å². The maximum atomic E-state index is 12.3. The summed E-state index contributed by atoms with van der Waals surface area (Å²) >= 11 is 0. The van der Waals surface area contributed by atoms with Crippen LogP contribution in [0.15, 0.2) is 54.5 Å². The van der Waals surface area contributed by atoms with Gasteiger partial charge in [-0.15, -0.1) is 0 Å². The number of benzene rings is 1. The van der Waals surface area contributed by atoms with E-state index in [1.807, 2.05) is 60.4 Å². The Hall–Kier alpha value is -2.82. The molecule has 1 aliphatic heterocycles. The maximum Gasteiger partial charge on any atom is 0.329 e. The molecule has 0 spiro atoms. The lowest BCUT2D eigenvalue weighted by atomic mass is 10.2. The molecular formula is C16H15N3O2. The molecule has 21 heavy (non-hydrogen) atoms. The number of hydrogen-bond donors (Lipinski definition) is 1. The van der Waals surface area contributed by atoms with Gasteiger partial charge in [0.15, 0.2) is 0 Å². The Kier molecular flexibility index (Phi) is 3.31. The largest absolute Gasteiger partial charge is 0.357 e. The molecule has 1 saturated heterocycles. The van der Waals surface area contributed by atoms with Crippen LogP contribution in [0.1, 0.15) is 11.1 Å². The normalized spacial score (nSPS) is 16.6. The van der Waals surface area contributed by atoms with Gasteiger partial charge in [-0.25, -0.2) is 4.79 Å². The average molecular weight is 281 g/mol. The van der Waals surface area contributed by atoms with Gasteiger partial charge < -0.3 is 9.88 Å². The number of carbonyl (C=O) groups is 2. The summed E-state index contributed by atoms with van der Waals surface area (Å²) in [5.41, 5.74) is 2.10. The Morgan fingerprint density at radius 2 is 1.90 bits per heavy atom. The second-order valence-corrected chi connectivity index (χ2v) is 4.98. The van der Waals surface area contributed by atoms with Gasteiger partial charge in [-0.3, -0.25) is 9.69 Å². The van der Waals surface area contributed by atoms with Crippen LogP contribution in [0.25, 0.3) is 6.08 Å². The third kappa shape index (κ3) is 2.72. The van der Waals surface area contributed by atoms with Crippen LogP contribution in [0.2, 0.25) is 0 Å². The summed E-state index contributed by atoms with van der Waals surface area (Å²) < 4.78 is 1.88. The SMILES string of the molecule is Cn1ccc(/C=C2/NC(=O)N(Cc3ccccc3)C2=O)c1. The van der Waals surface area contributed by atoms with Crippen LogP contribution in [0.5, 0.6) is 0 Å². The van der Waals surface area contributed by atoms with E-state index in [1.54, 1.807) is 6.08 Å². The molecule has 0 saturated carbocycles. The first-order valence-corrected chi connectivity index (χ1v) is 6.64. The lowest BCUT2D eigenvalue weighted by molar-refractivity contribution is -0.123. The predicted molar refractivity (Wildman–Crippen MR) is 78.9 cm³/mol. The standard InChI is InChI=1S/C16H15N3O2/c1-18-8-7-13(10-18)9-14-15(20)19(16(21)17-14)11-12-5-3-2-4-6-12/h2-10H,11H2,1H3,(H,17,21)/b14-9+. The summed E-state index contributed by atoms with van der Waals surface area (Å²) in [7, 11) is 1.90. The van der Waals surface area contributed by atoms with Crippen LogP contribution in [0.3, 0.4) is 0 Å². The van der Waals surface area contributed by atoms with E-state index in [9.17, 15) is 9.59 Å². The quantitative estimate of drug-likeness (QED) is 0.692. The van der Waals surface area contributed by atoms with Crippen molar-refractivity contribution < 1.29 is 9.59 Å². The lowest BCUT2D eigenvalue weighted by Gasteiger charge is -2.11. The number of imide groups is 1. The van der Waals surface area contributed by atoms with Crippen LogP contribution in [0, 0.1) is 0 Å². The number of urea groups is 1. The molecule has 106 valence electrons. The Morgan fingerprint density at radius 1 is 1.14 bits per heavy atom. The predicted octanol–water partition coefficient (Wildman–Crippen LogP) is 2.12. The van der Waals surface area contributed by atoms with Crippen LogP contribution in [-0.2, 0) is 18.4 Å². The third-order valence-electron chi connectivity index (χ3n) is 3.31. The Morgan fingerprint density at radius 3 is 2.57 bits per heavy atom. The molecule has 0 atom stereocenters. The van der Waals surface area contributed by atoms with Gasteiger partial charge in [0.1, 0.15) is 5.70 Å². The van der Waals surface area contributed by atoms with Crippen LogP contribution in [-0.4, -0.2) is 21.4 Å². The smallest absolute Gasteiger partial charge is 0.329 e. The van der Waals surface area contributed by atoms with Crippen molar-refractivity contribution in [3.63, 3.8) is 0 Å². The molecule has 0 unspecified atom stereocenters. The molecule has 1 N–H and O–H groups in total. The van der Waals surface area contributed by atoms with E-state index >= 15 is 0 Å². The number of nitrogens with one attached hydrogen (secondary N) is 1. The lowest BCUT2D eigenvalue weighted by Crippen LogP contribution is -2.30. The number of rotatable bonds is 3. The summed E-state index contributed by atoms with van der Waals surface area (Å²) in [4.78, 5) is 25.5. The highest BCUT2D eigenvalue weighted by atomic mass is 16.2. The molecule has 1 aromatic carbocycles. The van der Waals surface area contributed by atoms with Crippen LogP contribution >= 0.6 is 0 Å². The summed E-state index contributed by atoms with van der Waals surface area (Å²) in [6, 6.07) is 10.9. The molecule has 3 rings (SSSR count). The monoisotopic (exact) mass is 281 g/mol. The van der Waals surface area contributed by atoms with E-state index in [1.165, 1.54) is 4.90 Å². The summed E-state index contributed by atoms with van der Waals surface area (Å²) in [5.74, 6) is -0.298. The molecule has 3 amide bonds. The van der Waals surface area contributed by atoms with Gasteiger partial charge in [0.25, 0.3) is 5.91 Å². The number of nitrogens with zero attached hydrogens (tertiary/aromatic N) is 2. The molecule has 2 aromatic rings. The first kappa shape index (κ1) is 13.2. The van der Waals surface area contributed by atoms with Crippen molar-refractivity contribution in [1.29, 1.82) is 0 Å². The first-order valence-electron chi connectivity index (χ1n) is 6.64. The van der Waals surface area contributed by atoms with Crippen molar-refractivity contribution in [1.82, 2.24) is 14.8 Å². The molecule has 0 bridgehead atoms. The van der Waals surface area contributed by atoms with Crippen molar-refractivity contribution >= 4 is 18.0 Å². The van der Waals surface area contributed by atoms with Crippen molar-refractivity contribution in [2.75, 3.05) is 0 Å². The molecule has 1 aliphatic rings. The van der Waals surface area contributed by atoms with Crippen molar-refractivity contribution in [2.24, 2.45) is 7.05 Å². The highest BCUT2D eigenvalue weighted by Crippen LogP contribution is 2.16. The second-order valence-electron chi connectivity index (χ2n) is 4.98. The number of aryl methyl sites for hydroxylation is 1. The highest BCUT2D eigenvalue weighted by Gasteiger charge is 2.33. The zero-order valence-corrected chi connectivity index (χ0v) is 11.6. The number of hydrogen-bond acceptors (Lipinski definition) is 2. The molecule has 1 aromatic heterocycles. The molecule has 5 nitrogen and oxygen atoms in total. The minimum absolute atomic E-state index is 0.275. The molecule has 0 aliphatic carbocycles.